The summed E-state index contributed by atoms with van der Waals surface area (Å²) < 4.78 is 11.1. The molecule has 0 aromatic heterocycles. The minimum atomic E-state index is -1.11. The first-order valence-electron chi connectivity index (χ1n) is 8.55. The molecule has 1 amide bonds. The number of rotatable bonds is 8. The van der Waals surface area contributed by atoms with Gasteiger partial charge in [0, 0.05) is 0 Å². The average Bonchev–Trinajstić information content (AvgIpc) is 2.71. The maximum absolute atomic E-state index is 12.5. The van der Waals surface area contributed by atoms with Crippen molar-refractivity contribution >= 4 is 40.5 Å². The highest BCUT2D eigenvalue weighted by molar-refractivity contribution is 14.1. The van der Waals surface area contributed by atoms with Crippen LogP contribution in [-0.4, -0.2) is 30.7 Å². The molecular formula is C21H19IN2O5. The SMILES string of the molecule is COc1cc(/C=C(\C#N)C(=O)N[C@@H](C)c2ccccc2)cc(I)c1OCC(=O)O. The molecule has 0 unspecified atom stereocenters. The standard InChI is InChI=1S/C21H19IN2O5/c1-13(15-6-4-3-5-7-15)24-21(27)16(11-23)8-14-9-17(22)20(18(10-14)28-2)29-12-19(25)26/h3-10,13H,12H2,1-2H3,(H,24,27)(H,25,26)/b16-8+/t13-/m0/s1. The number of ether oxygens (including phenoxy) is 2. The monoisotopic (exact) mass is 506 g/mol. The predicted molar refractivity (Wildman–Crippen MR) is 115 cm³/mol. The van der Waals surface area contributed by atoms with Gasteiger partial charge in [-0.15, -0.1) is 0 Å². The highest BCUT2D eigenvalue weighted by Crippen LogP contribution is 2.34. The van der Waals surface area contributed by atoms with Crippen molar-refractivity contribution in [1.29, 1.82) is 5.26 Å². The predicted octanol–water partition coefficient (Wildman–Crippen LogP) is 3.55. The number of amides is 1. The maximum Gasteiger partial charge on any atom is 0.341 e. The van der Waals surface area contributed by atoms with Crippen molar-refractivity contribution in [2.75, 3.05) is 13.7 Å². The molecule has 8 heteroatoms. The van der Waals surface area contributed by atoms with Crippen LogP contribution in [0.5, 0.6) is 11.5 Å². The Hall–Kier alpha value is -3.06. The number of carbonyl (C=O) groups excluding carboxylic acids is 1. The van der Waals surface area contributed by atoms with Gasteiger partial charge in [0.1, 0.15) is 11.6 Å². The van der Waals surface area contributed by atoms with Gasteiger partial charge in [0.15, 0.2) is 18.1 Å². The van der Waals surface area contributed by atoms with Gasteiger partial charge in [-0.3, -0.25) is 4.79 Å². The summed E-state index contributed by atoms with van der Waals surface area (Å²) in [5, 5.41) is 21.0. The molecule has 0 radical (unpaired) electrons. The van der Waals surface area contributed by atoms with Crippen LogP contribution in [0.2, 0.25) is 0 Å². The normalized spacial score (nSPS) is 11.9. The summed E-state index contributed by atoms with van der Waals surface area (Å²) in [5.74, 6) is -1.01. The van der Waals surface area contributed by atoms with Crippen LogP contribution in [0.25, 0.3) is 6.08 Å². The zero-order valence-corrected chi connectivity index (χ0v) is 18.0. The van der Waals surface area contributed by atoms with E-state index in [1.54, 1.807) is 12.1 Å². The molecule has 0 saturated heterocycles. The third-order valence-corrected chi connectivity index (χ3v) is 4.72. The van der Waals surface area contributed by atoms with Crippen molar-refractivity contribution < 1.29 is 24.2 Å². The molecule has 2 rings (SSSR count). The van der Waals surface area contributed by atoms with E-state index < -0.39 is 18.5 Å². The molecule has 2 aromatic rings. The maximum atomic E-state index is 12.5. The Morgan fingerprint density at radius 3 is 2.59 bits per heavy atom. The fraction of sp³-hybridized carbons (Fsp3) is 0.190. The molecule has 0 heterocycles. The van der Waals surface area contributed by atoms with Gasteiger partial charge in [-0.2, -0.15) is 5.26 Å². The summed E-state index contributed by atoms with van der Waals surface area (Å²) >= 11 is 1.97. The molecule has 29 heavy (non-hydrogen) atoms. The Bertz CT molecular complexity index is 967. The summed E-state index contributed by atoms with van der Waals surface area (Å²) in [4.78, 5) is 23.3. The van der Waals surface area contributed by atoms with E-state index in [-0.39, 0.29) is 17.4 Å². The fourth-order valence-electron chi connectivity index (χ4n) is 2.51. The molecule has 0 aliphatic rings. The number of nitrogens with zero attached hydrogens (tertiary/aromatic N) is 1. The quantitative estimate of drug-likeness (QED) is 0.322. The lowest BCUT2D eigenvalue weighted by Gasteiger charge is -2.14. The van der Waals surface area contributed by atoms with Crippen LogP contribution >= 0.6 is 22.6 Å². The number of carboxylic acid groups (broad SMARTS) is 1. The first kappa shape index (κ1) is 22.2. The molecular weight excluding hydrogens is 487 g/mol. The number of aliphatic carboxylic acids is 1. The minimum absolute atomic E-state index is 0.0650. The van der Waals surface area contributed by atoms with Crippen LogP contribution in [0, 0.1) is 14.9 Å². The van der Waals surface area contributed by atoms with E-state index in [2.05, 4.69) is 5.32 Å². The number of benzene rings is 2. The van der Waals surface area contributed by atoms with Crippen LogP contribution < -0.4 is 14.8 Å². The largest absolute Gasteiger partial charge is 0.493 e. The number of nitrogens with one attached hydrogen (secondary N) is 1. The van der Waals surface area contributed by atoms with Crippen LogP contribution in [0.4, 0.5) is 0 Å². The van der Waals surface area contributed by atoms with Crippen molar-refractivity contribution in [2.24, 2.45) is 0 Å². The molecule has 2 N–H and O–H groups in total. The van der Waals surface area contributed by atoms with Crippen molar-refractivity contribution in [3.63, 3.8) is 0 Å². The molecule has 0 aliphatic carbocycles. The molecule has 7 nitrogen and oxygen atoms in total. The smallest absolute Gasteiger partial charge is 0.341 e. The second-order valence-electron chi connectivity index (χ2n) is 5.99. The molecule has 2 aromatic carbocycles. The van der Waals surface area contributed by atoms with E-state index in [1.165, 1.54) is 13.2 Å². The van der Waals surface area contributed by atoms with Crippen LogP contribution in [0.3, 0.4) is 0 Å². The van der Waals surface area contributed by atoms with Crippen LogP contribution in [0.15, 0.2) is 48.0 Å². The van der Waals surface area contributed by atoms with Crippen molar-refractivity contribution in [2.45, 2.75) is 13.0 Å². The topological polar surface area (TPSA) is 109 Å². The van der Waals surface area contributed by atoms with Gasteiger partial charge in [-0.25, -0.2) is 4.79 Å². The van der Waals surface area contributed by atoms with E-state index in [4.69, 9.17) is 14.6 Å². The number of nitriles is 1. The summed E-state index contributed by atoms with van der Waals surface area (Å²) in [6.45, 7) is 1.33. The summed E-state index contributed by atoms with van der Waals surface area (Å²) in [7, 11) is 1.42. The lowest BCUT2D eigenvalue weighted by atomic mass is 10.1. The third-order valence-electron chi connectivity index (χ3n) is 3.92. The van der Waals surface area contributed by atoms with E-state index in [0.717, 1.165) is 5.56 Å². The molecule has 0 bridgehead atoms. The van der Waals surface area contributed by atoms with E-state index >= 15 is 0 Å². The minimum Gasteiger partial charge on any atom is -0.493 e. The second-order valence-corrected chi connectivity index (χ2v) is 7.15. The van der Waals surface area contributed by atoms with E-state index in [1.807, 2.05) is 65.9 Å². The Balaban J connectivity index is 2.25. The Morgan fingerprint density at radius 1 is 1.31 bits per heavy atom. The highest BCUT2D eigenvalue weighted by atomic mass is 127. The highest BCUT2D eigenvalue weighted by Gasteiger charge is 2.16. The first-order chi connectivity index (χ1) is 13.8. The number of methoxy groups -OCH3 is 1. The van der Waals surface area contributed by atoms with Gasteiger partial charge in [0.05, 0.1) is 16.7 Å². The Labute approximate surface area is 182 Å². The van der Waals surface area contributed by atoms with Gasteiger partial charge in [-0.1, -0.05) is 30.3 Å². The Morgan fingerprint density at radius 2 is 2.00 bits per heavy atom. The van der Waals surface area contributed by atoms with Crippen LogP contribution in [-0.2, 0) is 9.59 Å². The summed E-state index contributed by atoms with van der Waals surface area (Å²) in [5.41, 5.74) is 1.41. The fourth-order valence-corrected chi connectivity index (χ4v) is 3.29. The molecule has 1 atom stereocenters. The first-order valence-corrected chi connectivity index (χ1v) is 9.63. The van der Waals surface area contributed by atoms with Gasteiger partial charge in [0.25, 0.3) is 5.91 Å². The van der Waals surface area contributed by atoms with E-state index in [9.17, 15) is 14.9 Å². The van der Waals surface area contributed by atoms with Crippen molar-refractivity contribution in [1.82, 2.24) is 5.32 Å². The zero-order valence-electron chi connectivity index (χ0n) is 15.8. The number of hydrogen-bond donors (Lipinski definition) is 2. The summed E-state index contributed by atoms with van der Waals surface area (Å²) in [6.07, 6.45) is 1.44. The van der Waals surface area contributed by atoms with E-state index in [0.29, 0.717) is 14.9 Å². The lowest BCUT2D eigenvalue weighted by Crippen LogP contribution is -2.27. The van der Waals surface area contributed by atoms with Crippen molar-refractivity contribution in [3.05, 3.63) is 62.7 Å². The molecule has 0 aliphatic heterocycles. The number of halogens is 1. The molecule has 0 fully saturated rings. The molecule has 150 valence electrons. The number of hydrogen-bond acceptors (Lipinski definition) is 5. The molecule has 0 saturated carbocycles. The van der Waals surface area contributed by atoms with Crippen molar-refractivity contribution in [3.8, 4) is 17.6 Å². The van der Waals surface area contributed by atoms with Crippen LogP contribution in [0.1, 0.15) is 24.1 Å². The number of carboxylic acids is 1. The third kappa shape index (κ3) is 6.22. The second kappa shape index (κ2) is 10.5. The van der Waals surface area contributed by atoms with Gasteiger partial charge < -0.3 is 19.9 Å². The van der Waals surface area contributed by atoms with Gasteiger partial charge in [0.2, 0.25) is 0 Å². The average molecular weight is 506 g/mol. The summed E-state index contributed by atoms with van der Waals surface area (Å²) in [6, 6.07) is 14.3. The lowest BCUT2D eigenvalue weighted by molar-refractivity contribution is -0.139. The Kier molecular flexibility index (Phi) is 8.03. The van der Waals surface area contributed by atoms with Gasteiger partial charge >= 0.3 is 5.97 Å². The number of carbonyl (C=O) groups is 2. The van der Waals surface area contributed by atoms with Gasteiger partial charge in [-0.05, 0) is 58.9 Å². The molecule has 0 spiro atoms. The zero-order chi connectivity index (χ0) is 21.4.